The topological polar surface area (TPSA) is 200 Å². The number of carboxylic acids is 1. The predicted molar refractivity (Wildman–Crippen MR) is 148 cm³/mol. The molecule has 39 heavy (non-hydrogen) atoms. The van der Waals surface area contributed by atoms with Crippen molar-refractivity contribution in [1.82, 2.24) is 25.9 Å². The van der Waals surface area contributed by atoms with Gasteiger partial charge in [0.1, 0.15) is 23.9 Å². The summed E-state index contributed by atoms with van der Waals surface area (Å²) in [5.41, 5.74) is 7.20. The molecule has 2 aromatic rings. The van der Waals surface area contributed by atoms with Crippen molar-refractivity contribution < 1.29 is 29.4 Å². The molecule has 2 rings (SSSR count). The smallest absolute Gasteiger partial charge is 0.326 e. The van der Waals surface area contributed by atoms with Gasteiger partial charge in [0.2, 0.25) is 17.7 Å². The van der Waals surface area contributed by atoms with E-state index in [4.69, 9.17) is 5.73 Å². The number of aromatic amines is 1. The van der Waals surface area contributed by atoms with Crippen LogP contribution in [0.1, 0.15) is 37.9 Å². The number of nitrogens with one attached hydrogen (secondary N) is 4. The first-order valence-electron chi connectivity index (χ1n) is 12.6. The van der Waals surface area contributed by atoms with Gasteiger partial charge < -0.3 is 36.9 Å². The molecule has 13 heteroatoms. The van der Waals surface area contributed by atoms with E-state index < -0.39 is 47.9 Å². The van der Waals surface area contributed by atoms with E-state index in [2.05, 4.69) is 25.9 Å². The Morgan fingerprint density at radius 3 is 2.15 bits per heavy atom. The van der Waals surface area contributed by atoms with Crippen molar-refractivity contribution in [2.24, 2.45) is 11.7 Å². The predicted octanol–water partition coefficient (Wildman–Crippen LogP) is 0.566. The van der Waals surface area contributed by atoms with E-state index in [-0.39, 0.29) is 30.9 Å². The minimum atomic E-state index is -1.24. The van der Waals surface area contributed by atoms with Crippen LogP contribution in [0.5, 0.6) is 5.75 Å². The van der Waals surface area contributed by atoms with E-state index in [1.54, 1.807) is 23.9 Å². The van der Waals surface area contributed by atoms with Crippen LogP contribution in [-0.2, 0) is 32.0 Å². The highest BCUT2D eigenvalue weighted by Gasteiger charge is 2.31. The van der Waals surface area contributed by atoms with Gasteiger partial charge >= 0.3 is 5.97 Å². The zero-order chi connectivity index (χ0) is 28.9. The maximum Gasteiger partial charge on any atom is 0.326 e. The summed E-state index contributed by atoms with van der Waals surface area (Å²) in [6, 6.07) is 2.01. The second kappa shape index (κ2) is 15.7. The lowest BCUT2D eigenvalue weighted by atomic mass is 10.00. The molecule has 0 aliphatic carbocycles. The summed E-state index contributed by atoms with van der Waals surface area (Å²) >= 11 is 1.55. The molecule has 0 aliphatic heterocycles. The number of hydrogen-bond acceptors (Lipinski definition) is 8. The van der Waals surface area contributed by atoms with Gasteiger partial charge in [-0.1, -0.05) is 26.0 Å². The molecule has 4 unspecified atom stereocenters. The highest BCUT2D eigenvalue weighted by molar-refractivity contribution is 7.98. The number of phenols is 1. The van der Waals surface area contributed by atoms with Gasteiger partial charge in [-0.15, -0.1) is 0 Å². The number of aromatic nitrogens is 2. The average Bonchev–Trinajstić information content (AvgIpc) is 3.40. The third-order valence-electron chi connectivity index (χ3n) is 5.91. The number of H-pyrrole nitrogens is 1. The number of rotatable bonds is 16. The Morgan fingerprint density at radius 1 is 0.974 bits per heavy atom. The number of hydrogen-bond donors (Lipinski definition) is 7. The van der Waals surface area contributed by atoms with Gasteiger partial charge in [-0.2, -0.15) is 11.8 Å². The Hall–Kier alpha value is -3.58. The van der Waals surface area contributed by atoms with Gasteiger partial charge in [0, 0.05) is 24.7 Å². The van der Waals surface area contributed by atoms with Crippen LogP contribution in [-0.4, -0.2) is 80.0 Å². The molecule has 8 N–H and O–H groups in total. The summed E-state index contributed by atoms with van der Waals surface area (Å²) < 4.78 is 0. The van der Waals surface area contributed by atoms with Crippen LogP contribution in [0, 0.1) is 5.92 Å². The molecule has 0 bridgehead atoms. The molecule has 0 saturated heterocycles. The molecule has 3 amide bonds. The summed E-state index contributed by atoms with van der Waals surface area (Å²) in [6.45, 7) is 3.73. The number of nitrogens with two attached hydrogens (primary N) is 1. The highest BCUT2D eigenvalue weighted by Crippen LogP contribution is 2.13. The van der Waals surface area contributed by atoms with Gasteiger partial charge in [-0.05, 0) is 48.5 Å². The lowest BCUT2D eigenvalue weighted by molar-refractivity contribution is -0.142. The summed E-state index contributed by atoms with van der Waals surface area (Å²) in [7, 11) is 0. The van der Waals surface area contributed by atoms with Gasteiger partial charge in [0.25, 0.3) is 0 Å². The molecule has 1 aromatic heterocycles. The zero-order valence-electron chi connectivity index (χ0n) is 22.3. The molecule has 0 aliphatic rings. The summed E-state index contributed by atoms with van der Waals surface area (Å²) in [4.78, 5) is 57.8. The summed E-state index contributed by atoms with van der Waals surface area (Å²) in [6.07, 6.45) is 5.50. The monoisotopic (exact) mass is 562 g/mol. The quantitative estimate of drug-likeness (QED) is 0.153. The van der Waals surface area contributed by atoms with Crippen molar-refractivity contribution in [2.45, 2.75) is 63.7 Å². The minimum Gasteiger partial charge on any atom is -0.508 e. The van der Waals surface area contributed by atoms with Crippen molar-refractivity contribution in [3.05, 3.63) is 48.0 Å². The Morgan fingerprint density at radius 2 is 1.59 bits per heavy atom. The first-order chi connectivity index (χ1) is 18.5. The fourth-order valence-electron chi connectivity index (χ4n) is 3.80. The first kappa shape index (κ1) is 31.6. The Balaban J connectivity index is 2.21. The van der Waals surface area contributed by atoms with Gasteiger partial charge in [-0.25, -0.2) is 9.78 Å². The van der Waals surface area contributed by atoms with Gasteiger partial charge in [0.15, 0.2) is 0 Å². The molecule has 0 radical (unpaired) electrons. The molecule has 214 valence electrons. The van der Waals surface area contributed by atoms with Crippen molar-refractivity contribution in [2.75, 3.05) is 12.0 Å². The lowest BCUT2D eigenvalue weighted by Crippen LogP contribution is -2.58. The molecule has 1 aromatic carbocycles. The molecular formula is C26H38N6O6S. The number of phenolic OH excluding ortho intramolecular Hbond substituents is 1. The number of carboxylic acid groups (broad SMARTS) is 1. The largest absolute Gasteiger partial charge is 0.508 e. The van der Waals surface area contributed by atoms with Crippen LogP contribution in [0.15, 0.2) is 36.8 Å². The summed E-state index contributed by atoms with van der Waals surface area (Å²) in [5, 5.41) is 27.1. The van der Waals surface area contributed by atoms with Gasteiger partial charge in [0.05, 0.1) is 12.4 Å². The van der Waals surface area contributed by atoms with E-state index in [9.17, 15) is 29.4 Å². The second-order valence-corrected chi connectivity index (χ2v) is 10.7. The minimum absolute atomic E-state index is 0.0120. The Bertz CT molecular complexity index is 1080. The van der Waals surface area contributed by atoms with E-state index in [1.807, 2.05) is 20.1 Å². The third kappa shape index (κ3) is 11.0. The molecule has 12 nitrogen and oxygen atoms in total. The van der Waals surface area contributed by atoms with Crippen LogP contribution in [0.2, 0.25) is 0 Å². The van der Waals surface area contributed by atoms with E-state index in [1.165, 1.54) is 24.7 Å². The number of amides is 3. The number of nitrogens with zero attached hydrogens (tertiary/aromatic N) is 1. The number of carbonyl (C=O) groups is 4. The lowest BCUT2D eigenvalue weighted by Gasteiger charge is -2.26. The van der Waals surface area contributed by atoms with Crippen LogP contribution in [0.25, 0.3) is 0 Å². The SMILES string of the molecule is CSCCC(N)C(=O)NC(Cc1ccc(O)cc1)C(=O)NC(CC(C)C)C(=O)NC(Cc1cnc[nH]1)C(=O)O. The maximum absolute atomic E-state index is 13.4. The number of benzene rings is 1. The van der Waals surface area contributed by atoms with E-state index in [0.717, 1.165) is 0 Å². The number of aliphatic carboxylic acids is 1. The first-order valence-corrected chi connectivity index (χ1v) is 14.0. The fraction of sp³-hybridized carbons (Fsp3) is 0.500. The standard InChI is InChI=1S/C26H38N6O6S/c1-15(2)10-20(24(35)32-22(26(37)38)12-17-13-28-14-29-17)31-25(36)21(11-16-4-6-18(33)7-5-16)30-23(34)19(27)8-9-39-3/h4-7,13-15,19-22,33H,8-12,27H2,1-3H3,(H,28,29)(H,30,34)(H,31,36)(H,32,35)(H,37,38). The Kier molecular flexibility index (Phi) is 12.8. The highest BCUT2D eigenvalue weighted by atomic mass is 32.2. The van der Waals surface area contributed by atoms with Crippen LogP contribution in [0.3, 0.4) is 0 Å². The Labute approximate surface area is 231 Å². The molecule has 0 fully saturated rings. The fourth-order valence-corrected chi connectivity index (χ4v) is 4.29. The van der Waals surface area contributed by atoms with E-state index in [0.29, 0.717) is 23.4 Å². The number of imidazole rings is 1. The van der Waals surface area contributed by atoms with Crippen molar-refractivity contribution in [3.8, 4) is 5.75 Å². The number of aromatic hydroxyl groups is 1. The maximum atomic E-state index is 13.4. The number of carbonyl (C=O) groups excluding carboxylic acids is 3. The van der Waals surface area contributed by atoms with Crippen LogP contribution < -0.4 is 21.7 Å². The van der Waals surface area contributed by atoms with E-state index >= 15 is 0 Å². The molecular weight excluding hydrogens is 524 g/mol. The van der Waals surface area contributed by atoms with Crippen LogP contribution >= 0.6 is 11.8 Å². The molecule has 0 saturated carbocycles. The third-order valence-corrected chi connectivity index (χ3v) is 6.56. The molecule has 0 spiro atoms. The van der Waals surface area contributed by atoms with Crippen molar-refractivity contribution in [1.29, 1.82) is 0 Å². The zero-order valence-corrected chi connectivity index (χ0v) is 23.2. The van der Waals surface area contributed by atoms with Crippen molar-refractivity contribution >= 4 is 35.5 Å². The number of thioether (sulfide) groups is 1. The van der Waals surface area contributed by atoms with Crippen molar-refractivity contribution in [3.63, 3.8) is 0 Å². The average molecular weight is 563 g/mol. The summed E-state index contributed by atoms with van der Waals surface area (Å²) in [5.74, 6) is -2.29. The molecule has 1 heterocycles. The molecule has 4 atom stereocenters. The van der Waals surface area contributed by atoms with Crippen LogP contribution in [0.4, 0.5) is 0 Å². The normalized spacial score (nSPS) is 14.2. The van der Waals surface area contributed by atoms with Gasteiger partial charge in [-0.3, -0.25) is 14.4 Å². The second-order valence-electron chi connectivity index (χ2n) is 9.69.